The van der Waals surface area contributed by atoms with Gasteiger partial charge in [0.05, 0.1) is 5.56 Å². The van der Waals surface area contributed by atoms with Gasteiger partial charge in [-0.3, -0.25) is 0 Å². The highest BCUT2D eigenvalue weighted by Crippen LogP contribution is 2.33. The molecule has 0 aliphatic heterocycles. The second-order valence-corrected chi connectivity index (χ2v) is 4.64. The number of anilines is 1. The molecule has 106 valence electrons. The summed E-state index contributed by atoms with van der Waals surface area (Å²) in [5, 5.41) is 0. The molecule has 0 unspecified atom stereocenters. The molecule has 0 saturated heterocycles. The van der Waals surface area contributed by atoms with Crippen molar-refractivity contribution in [2.75, 3.05) is 19.0 Å². The van der Waals surface area contributed by atoms with Crippen molar-refractivity contribution >= 4 is 5.69 Å². The predicted molar refractivity (Wildman–Crippen MR) is 71.2 cm³/mol. The summed E-state index contributed by atoms with van der Waals surface area (Å²) in [4.78, 5) is 1.76. The molecule has 0 fully saturated rings. The molecule has 0 spiro atoms. The summed E-state index contributed by atoms with van der Waals surface area (Å²) in [6.45, 7) is 0. The first-order valence-corrected chi connectivity index (χ1v) is 5.93. The highest BCUT2D eigenvalue weighted by atomic mass is 19.4. The Kier molecular flexibility index (Phi) is 3.70. The van der Waals surface area contributed by atoms with Crippen molar-refractivity contribution in [3.05, 3.63) is 53.8 Å². The van der Waals surface area contributed by atoms with Gasteiger partial charge in [-0.2, -0.15) is 13.2 Å². The van der Waals surface area contributed by atoms with Gasteiger partial charge in [-0.1, -0.05) is 12.1 Å². The molecule has 0 aliphatic rings. The zero-order valence-corrected chi connectivity index (χ0v) is 11.0. The number of halogens is 4. The minimum absolute atomic E-state index is 0.155. The second kappa shape index (κ2) is 5.15. The smallest absolute Gasteiger partial charge is 0.378 e. The minimum atomic E-state index is -4.44. The number of nitrogens with zero attached hydrogens (tertiary/aromatic N) is 1. The van der Waals surface area contributed by atoms with Crippen molar-refractivity contribution in [3.8, 4) is 11.1 Å². The van der Waals surface area contributed by atoms with E-state index in [1.54, 1.807) is 25.1 Å². The molecular weight excluding hydrogens is 270 g/mol. The first-order chi connectivity index (χ1) is 9.29. The highest BCUT2D eigenvalue weighted by Gasteiger charge is 2.30. The van der Waals surface area contributed by atoms with Crippen LogP contribution in [0, 0.1) is 5.82 Å². The first kappa shape index (κ1) is 14.4. The molecule has 0 bridgehead atoms. The lowest BCUT2D eigenvalue weighted by Crippen LogP contribution is -2.09. The Morgan fingerprint density at radius 2 is 1.65 bits per heavy atom. The molecule has 0 atom stereocenters. The summed E-state index contributed by atoms with van der Waals surface area (Å²) in [6, 6.07) is 9.03. The largest absolute Gasteiger partial charge is 0.416 e. The average Bonchev–Trinajstić information content (AvgIpc) is 2.38. The van der Waals surface area contributed by atoms with E-state index >= 15 is 0 Å². The normalized spacial score (nSPS) is 11.5. The van der Waals surface area contributed by atoms with Crippen LogP contribution in [0.15, 0.2) is 42.5 Å². The van der Waals surface area contributed by atoms with Crippen molar-refractivity contribution < 1.29 is 17.6 Å². The van der Waals surface area contributed by atoms with Gasteiger partial charge in [0.2, 0.25) is 0 Å². The van der Waals surface area contributed by atoms with E-state index in [1.807, 2.05) is 0 Å². The summed E-state index contributed by atoms with van der Waals surface area (Å²) >= 11 is 0. The number of hydrogen-bond donors (Lipinski definition) is 0. The molecule has 2 rings (SSSR count). The van der Waals surface area contributed by atoms with Gasteiger partial charge in [-0.25, -0.2) is 4.39 Å². The topological polar surface area (TPSA) is 3.24 Å². The van der Waals surface area contributed by atoms with Crippen molar-refractivity contribution in [2.45, 2.75) is 6.18 Å². The quantitative estimate of drug-likeness (QED) is 0.729. The van der Waals surface area contributed by atoms with Crippen molar-refractivity contribution in [1.29, 1.82) is 0 Å². The summed E-state index contributed by atoms with van der Waals surface area (Å²) in [5.74, 6) is -0.546. The van der Waals surface area contributed by atoms with E-state index in [1.165, 1.54) is 24.3 Å². The zero-order chi connectivity index (χ0) is 14.9. The molecule has 0 heterocycles. The van der Waals surface area contributed by atoms with E-state index in [9.17, 15) is 17.6 Å². The molecule has 0 saturated carbocycles. The molecule has 5 heteroatoms. The highest BCUT2D eigenvalue weighted by molar-refractivity contribution is 5.69. The second-order valence-electron chi connectivity index (χ2n) is 4.64. The van der Waals surface area contributed by atoms with Crippen LogP contribution in [0.25, 0.3) is 11.1 Å². The molecule has 0 aliphatic carbocycles. The van der Waals surface area contributed by atoms with E-state index in [0.29, 0.717) is 0 Å². The fourth-order valence-electron chi connectivity index (χ4n) is 1.88. The van der Waals surface area contributed by atoms with E-state index in [4.69, 9.17) is 0 Å². The van der Waals surface area contributed by atoms with Crippen LogP contribution in [0.4, 0.5) is 23.2 Å². The lowest BCUT2D eigenvalue weighted by Gasteiger charge is -2.15. The Hall–Kier alpha value is -2.04. The zero-order valence-electron chi connectivity index (χ0n) is 11.0. The van der Waals surface area contributed by atoms with Gasteiger partial charge in [0.1, 0.15) is 5.82 Å². The van der Waals surface area contributed by atoms with Gasteiger partial charge in [-0.05, 0) is 35.9 Å². The molecule has 0 amide bonds. The van der Waals surface area contributed by atoms with Gasteiger partial charge in [0.25, 0.3) is 0 Å². The van der Waals surface area contributed by atoms with E-state index in [0.717, 1.165) is 17.8 Å². The predicted octanol–water partition coefficient (Wildman–Crippen LogP) is 4.58. The Bertz CT molecular complexity index is 618. The molecule has 2 aromatic rings. The van der Waals surface area contributed by atoms with E-state index in [2.05, 4.69) is 0 Å². The van der Waals surface area contributed by atoms with Crippen molar-refractivity contribution in [2.24, 2.45) is 0 Å². The third-order valence-corrected chi connectivity index (χ3v) is 2.97. The molecular formula is C15H13F4N. The van der Waals surface area contributed by atoms with Gasteiger partial charge in [0, 0.05) is 25.3 Å². The summed E-state index contributed by atoms with van der Waals surface area (Å²) in [6.07, 6.45) is -4.44. The number of rotatable bonds is 2. The van der Waals surface area contributed by atoms with E-state index < -0.39 is 17.6 Å². The Morgan fingerprint density at radius 3 is 2.25 bits per heavy atom. The Labute approximate surface area is 114 Å². The maximum absolute atomic E-state index is 13.8. The van der Waals surface area contributed by atoms with Crippen LogP contribution in [0.5, 0.6) is 0 Å². The van der Waals surface area contributed by atoms with Crippen molar-refractivity contribution in [3.63, 3.8) is 0 Å². The summed E-state index contributed by atoms with van der Waals surface area (Å²) in [5.41, 5.74) is 0.298. The number of benzene rings is 2. The van der Waals surface area contributed by atoms with Gasteiger partial charge >= 0.3 is 6.18 Å². The summed E-state index contributed by atoms with van der Waals surface area (Å²) < 4.78 is 51.9. The maximum Gasteiger partial charge on any atom is 0.416 e. The lowest BCUT2D eigenvalue weighted by molar-refractivity contribution is -0.137. The third-order valence-electron chi connectivity index (χ3n) is 2.97. The van der Waals surface area contributed by atoms with Crippen LogP contribution in [-0.4, -0.2) is 14.1 Å². The van der Waals surface area contributed by atoms with Gasteiger partial charge in [-0.15, -0.1) is 0 Å². The lowest BCUT2D eigenvalue weighted by atomic mass is 10.0. The van der Waals surface area contributed by atoms with Crippen LogP contribution in [0.3, 0.4) is 0 Å². The van der Waals surface area contributed by atoms with Crippen LogP contribution in [0.1, 0.15) is 5.56 Å². The fourth-order valence-corrected chi connectivity index (χ4v) is 1.88. The molecule has 1 nitrogen and oxygen atoms in total. The average molecular weight is 283 g/mol. The standard InChI is InChI=1S/C15H13F4N/c1-20(2)12-6-7-14(16)13(9-12)10-4-3-5-11(8-10)15(17,18)19/h3-9H,1-2H3. The summed E-state index contributed by atoms with van der Waals surface area (Å²) in [7, 11) is 3.56. The number of alkyl halides is 3. The molecule has 0 aromatic heterocycles. The third kappa shape index (κ3) is 2.92. The first-order valence-electron chi connectivity index (χ1n) is 5.93. The minimum Gasteiger partial charge on any atom is -0.378 e. The van der Waals surface area contributed by atoms with Crippen molar-refractivity contribution in [1.82, 2.24) is 0 Å². The maximum atomic E-state index is 13.8. The van der Waals surface area contributed by atoms with Crippen LogP contribution in [-0.2, 0) is 6.18 Å². The molecule has 0 N–H and O–H groups in total. The van der Waals surface area contributed by atoms with Gasteiger partial charge < -0.3 is 4.90 Å². The molecule has 2 aromatic carbocycles. The molecule has 0 radical (unpaired) electrons. The van der Waals surface area contributed by atoms with Crippen LogP contribution in [0.2, 0.25) is 0 Å². The number of hydrogen-bond acceptors (Lipinski definition) is 1. The SMILES string of the molecule is CN(C)c1ccc(F)c(-c2cccc(C(F)(F)F)c2)c1. The Morgan fingerprint density at radius 1 is 0.950 bits per heavy atom. The Balaban J connectivity index is 2.54. The fraction of sp³-hybridized carbons (Fsp3) is 0.200. The van der Waals surface area contributed by atoms with E-state index in [-0.39, 0.29) is 11.1 Å². The monoisotopic (exact) mass is 283 g/mol. The van der Waals surface area contributed by atoms with Crippen LogP contribution < -0.4 is 4.90 Å². The van der Waals surface area contributed by atoms with Crippen LogP contribution >= 0.6 is 0 Å². The molecule has 20 heavy (non-hydrogen) atoms. The van der Waals surface area contributed by atoms with Gasteiger partial charge in [0.15, 0.2) is 0 Å².